The summed E-state index contributed by atoms with van der Waals surface area (Å²) in [6, 6.07) is 6.76. The SMILES string of the molecule is CCOC(=O)Cc1[nH][nH]c(=O)c1[C@H](CC(N)=O)c1ccc(Cl)cc1. The van der Waals surface area contributed by atoms with Crippen LogP contribution in [0, 0.1) is 0 Å². The molecule has 0 aliphatic carbocycles. The van der Waals surface area contributed by atoms with Gasteiger partial charge in [0.15, 0.2) is 0 Å². The molecule has 0 aliphatic heterocycles. The van der Waals surface area contributed by atoms with E-state index in [0.29, 0.717) is 21.8 Å². The Hall–Kier alpha value is -2.54. The van der Waals surface area contributed by atoms with Gasteiger partial charge in [-0.2, -0.15) is 0 Å². The molecule has 0 unspecified atom stereocenters. The number of aromatic amines is 2. The predicted octanol–water partition coefficient (Wildman–Crippen LogP) is 1.47. The Morgan fingerprint density at radius 3 is 2.50 bits per heavy atom. The third-order valence-electron chi connectivity index (χ3n) is 3.55. The van der Waals surface area contributed by atoms with Crippen molar-refractivity contribution >= 4 is 23.5 Å². The molecule has 2 aromatic rings. The molecule has 0 aliphatic rings. The lowest BCUT2D eigenvalue weighted by molar-refractivity contribution is -0.142. The number of esters is 1. The fourth-order valence-electron chi connectivity index (χ4n) is 2.55. The topological polar surface area (TPSA) is 118 Å². The first-order valence-electron chi connectivity index (χ1n) is 7.41. The van der Waals surface area contributed by atoms with Gasteiger partial charge < -0.3 is 15.6 Å². The molecule has 0 saturated heterocycles. The number of hydrogen-bond acceptors (Lipinski definition) is 4. The highest BCUT2D eigenvalue weighted by Crippen LogP contribution is 2.28. The van der Waals surface area contributed by atoms with Gasteiger partial charge in [0.25, 0.3) is 5.56 Å². The zero-order valence-corrected chi connectivity index (χ0v) is 13.9. The molecule has 24 heavy (non-hydrogen) atoms. The Balaban J connectivity index is 2.44. The number of halogens is 1. The van der Waals surface area contributed by atoms with E-state index in [1.54, 1.807) is 31.2 Å². The number of aromatic nitrogens is 2. The Morgan fingerprint density at radius 2 is 1.92 bits per heavy atom. The number of hydrogen-bond donors (Lipinski definition) is 3. The van der Waals surface area contributed by atoms with E-state index in [9.17, 15) is 14.4 Å². The van der Waals surface area contributed by atoms with Gasteiger partial charge in [-0.3, -0.25) is 19.5 Å². The third kappa shape index (κ3) is 4.26. The first-order valence-corrected chi connectivity index (χ1v) is 7.79. The number of carbonyl (C=O) groups is 2. The van der Waals surface area contributed by atoms with Crippen LogP contribution in [-0.4, -0.2) is 28.7 Å². The number of ether oxygens (including phenoxy) is 1. The van der Waals surface area contributed by atoms with Crippen LogP contribution in [0.4, 0.5) is 0 Å². The van der Waals surface area contributed by atoms with Crippen molar-refractivity contribution in [3.8, 4) is 0 Å². The number of amides is 1. The molecule has 7 nitrogen and oxygen atoms in total. The summed E-state index contributed by atoms with van der Waals surface area (Å²) in [5.74, 6) is -1.61. The van der Waals surface area contributed by atoms with Crippen molar-refractivity contribution in [2.75, 3.05) is 6.61 Å². The van der Waals surface area contributed by atoms with Crippen LogP contribution in [0.2, 0.25) is 5.02 Å². The van der Waals surface area contributed by atoms with Crippen molar-refractivity contribution in [3.05, 3.63) is 56.5 Å². The van der Waals surface area contributed by atoms with Crippen LogP contribution in [-0.2, 0) is 20.7 Å². The Labute approximate surface area is 143 Å². The maximum Gasteiger partial charge on any atom is 0.311 e. The van der Waals surface area contributed by atoms with E-state index in [0.717, 1.165) is 0 Å². The van der Waals surface area contributed by atoms with Crippen molar-refractivity contribution in [2.24, 2.45) is 5.73 Å². The summed E-state index contributed by atoms with van der Waals surface area (Å²) >= 11 is 5.89. The zero-order valence-electron chi connectivity index (χ0n) is 13.1. The Morgan fingerprint density at radius 1 is 1.25 bits per heavy atom. The first-order chi connectivity index (χ1) is 11.4. The molecule has 1 heterocycles. The molecule has 2 rings (SSSR count). The van der Waals surface area contributed by atoms with Crippen LogP contribution >= 0.6 is 11.6 Å². The highest BCUT2D eigenvalue weighted by molar-refractivity contribution is 6.30. The summed E-state index contributed by atoms with van der Waals surface area (Å²) in [4.78, 5) is 35.4. The smallest absolute Gasteiger partial charge is 0.311 e. The minimum absolute atomic E-state index is 0.0710. The number of H-pyrrole nitrogens is 2. The van der Waals surface area contributed by atoms with E-state index >= 15 is 0 Å². The second-order valence-corrected chi connectivity index (χ2v) is 5.66. The summed E-state index contributed by atoms with van der Waals surface area (Å²) in [5, 5.41) is 5.67. The van der Waals surface area contributed by atoms with Gasteiger partial charge in [-0.1, -0.05) is 23.7 Å². The van der Waals surface area contributed by atoms with E-state index in [2.05, 4.69) is 10.2 Å². The summed E-state index contributed by atoms with van der Waals surface area (Å²) in [6.45, 7) is 1.94. The minimum Gasteiger partial charge on any atom is -0.466 e. The molecule has 0 fully saturated rings. The fraction of sp³-hybridized carbons (Fsp3) is 0.312. The highest BCUT2D eigenvalue weighted by atomic mass is 35.5. The fourth-order valence-corrected chi connectivity index (χ4v) is 2.68. The standard InChI is InChI=1S/C16H18ClN3O4/c1-2-24-14(22)8-12-15(16(23)20-19-12)11(7-13(18)21)9-3-5-10(17)6-4-9/h3-6,11H,2,7-8H2,1H3,(H2,18,21)(H2,19,20,23)/t11-/m1/s1. The van der Waals surface area contributed by atoms with Crippen LogP contribution in [0.25, 0.3) is 0 Å². The summed E-state index contributed by atoms with van der Waals surface area (Å²) < 4.78 is 4.91. The highest BCUT2D eigenvalue weighted by Gasteiger charge is 2.25. The average molecular weight is 352 g/mol. The van der Waals surface area contributed by atoms with Crippen molar-refractivity contribution in [2.45, 2.75) is 25.7 Å². The van der Waals surface area contributed by atoms with Gasteiger partial charge >= 0.3 is 5.97 Å². The predicted molar refractivity (Wildman–Crippen MR) is 88.9 cm³/mol. The van der Waals surface area contributed by atoms with Gasteiger partial charge in [-0.25, -0.2) is 0 Å². The van der Waals surface area contributed by atoms with Gasteiger partial charge in [-0.15, -0.1) is 0 Å². The average Bonchev–Trinajstić information content (AvgIpc) is 2.86. The number of nitrogens with one attached hydrogen (secondary N) is 2. The number of nitrogens with two attached hydrogens (primary N) is 1. The maximum absolute atomic E-state index is 12.2. The lowest BCUT2D eigenvalue weighted by atomic mass is 9.88. The maximum atomic E-state index is 12.2. The zero-order chi connectivity index (χ0) is 17.7. The van der Waals surface area contributed by atoms with Crippen LogP contribution in [0.3, 0.4) is 0 Å². The van der Waals surface area contributed by atoms with Crippen molar-refractivity contribution in [1.29, 1.82) is 0 Å². The quantitative estimate of drug-likeness (QED) is 0.654. The molecular formula is C16H18ClN3O4. The lowest BCUT2D eigenvalue weighted by Gasteiger charge is -2.15. The van der Waals surface area contributed by atoms with E-state index in [1.165, 1.54) is 0 Å². The second-order valence-electron chi connectivity index (χ2n) is 5.23. The van der Waals surface area contributed by atoms with Crippen LogP contribution in [0.5, 0.6) is 0 Å². The molecule has 0 bridgehead atoms. The molecule has 0 radical (unpaired) electrons. The minimum atomic E-state index is -0.584. The number of benzene rings is 1. The van der Waals surface area contributed by atoms with Crippen LogP contribution in [0.15, 0.2) is 29.1 Å². The lowest BCUT2D eigenvalue weighted by Crippen LogP contribution is -2.21. The van der Waals surface area contributed by atoms with Gasteiger partial charge in [0.05, 0.1) is 18.7 Å². The van der Waals surface area contributed by atoms with Crippen LogP contribution < -0.4 is 11.3 Å². The molecule has 0 spiro atoms. The normalized spacial score (nSPS) is 11.9. The number of rotatable bonds is 7. The number of carbonyl (C=O) groups excluding carboxylic acids is 2. The van der Waals surface area contributed by atoms with Crippen molar-refractivity contribution < 1.29 is 14.3 Å². The molecule has 0 saturated carbocycles. The van der Waals surface area contributed by atoms with Gasteiger partial charge in [0, 0.05) is 22.9 Å². The summed E-state index contributed by atoms with van der Waals surface area (Å²) in [5.41, 5.74) is 6.30. The Bertz CT molecular complexity index is 779. The van der Waals surface area contributed by atoms with Crippen molar-refractivity contribution in [1.82, 2.24) is 10.2 Å². The Kier molecular flexibility index (Phi) is 5.81. The third-order valence-corrected chi connectivity index (χ3v) is 3.80. The van der Waals surface area contributed by atoms with Crippen molar-refractivity contribution in [3.63, 3.8) is 0 Å². The van der Waals surface area contributed by atoms with Crippen LogP contribution in [0.1, 0.15) is 36.1 Å². The molecule has 128 valence electrons. The van der Waals surface area contributed by atoms with Gasteiger partial charge in [0.2, 0.25) is 5.91 Å². The molecule has 1 aromatic heterocycles. The van der Waals surface area contributed by atoms with E-state index in [1.807, 2.05) is 0 Å². The van der Waals surface area contributed by atoms with E-state index < -0.39 is 23.4 Å². The summed E-state index contributed by atoms with van der Waals surface area (Å²) in [6.07, 6.45) is -0.177. The first kappa shape index (κ1) is 17.8. The van der Waals surface area contributed by atoms with Gasteiger partial charge in [-0.05, 0) is 24.6 Å². The van der Waals surface area contributed by atoms with E-state index in [-0.39, 0.29) is 19.4 Å². The monoisotopic (exact) mass is 351 g/mol. The molecule has 8 heteroatoms. The molecular weight excluding hydrogens is 334 g/mol. The molecule has 1 amide bonds. The van der Waals surface area contributed by atoms with E-state index in [4.69, 9.17) is 22.1 Å². The molecule has 1 atom stereocenters. The second kappa shape index (κ2) is 7.83. The largest absolute Gasteiger partial charge is 0.466 e. The summed E-state index contributed by atoms with van der Waals surface area (Å²) in [7, 11) is 0. The van der Waals surface area contributed by atoms with Gasteiger partial charge in [0.1, 0.15) is 0 Å². The molecule has 4 N–H and O–H groups in total. The molecule has 1 aromatic carbocycles. The number of primary amides is 1.